The van der Waals surface area contributed by atoms with E-state index >= 15 is 0 Å². The molecule has 1 aromatic rings. The largest absolute Gasteiger partial charge is 0.275 e. The van der Waals surface area contributed by atoms with Gasteiger partial charge in [-0.3, -0.25) is 8.97 Å². The number of aryl methyl sites for hydroxylation is 1. The van der Waals surface area contributed by atoms with E-state index in [-0.39, 0.29) is 0 Å². The van der Waals surface area contributed by atoms with E-state index < -0.39 is 0 Å². The van der Waals surface area contributed by atoms with Crippen LogP contribution in [-0.4, -0.2) is 50.2 Å². The molecule has 0 N–H and O–H groups in total. The number of unbranched alkanes of at least 4 members (excludes halogenated alkanes) is 22. The molecule has 0 aliphatic rings. The first-order valence-electron chi connectivity index (χ1n) is 19.0. The van der Waals surface area contributed by atoms with Gasteiger partial charge in [0, 0.05) is 0 Å². The average Bonchev–Trinajstić information content (AvgIpc) is 2.95. The molecule has 0 fully saturated rings. The smallest absolute Gasteiger partial charge is 0.242 e. The minimum atomic E-state index is 0.492. The Labute approximate surface area is 266 Å². The molecule has 0 amide bonds. The van der Waals surface area contributed by atoms with Gasteiger partial charge in [-0.05, 0) is 44.7 Å². The maximum atomic E-state index is 2.51. The fraction of sp³-hybridized carbons (Fsp3) is 0.850. The van der Waals surface area contributed by atoms with Crippen molar-refractivity contribution in [3.05, 3.63) is 35.4 Å². The molecule has 2 heteroatoms. The molecule has 0 saturated heterocycles. The van der Waals surface area contributed by atoms with Crippen molar-refractivity contribution in [3.8, 4) is 0 Å². The highest BCUT2D eigenvalue weighted by atomic mass is 15.5. The summed E-state index contributed by atoms with van der Waals surface area (Å²) in [4.78, 5) is 0. The van der Waals surface area contributed by atoms with Crippen molar-refractivity contribution >= 4 is 0 Å². The van der Waals surface area contributed by atoms with E-state index in [4.69, 9.17) is 0 Å². The first-order chi connectivity index (χ1) is 20.2. The zero-order chi connectivity index (χ0) is 30.9. The van der Waals surface area contributed by atoms with Gasteiger partial charge in [0.25, 0.3) is 0 Å². The lowest BCUT2D eigenvalue weighted by molar-refractivity contribution is -1.11. The van der Waals surface area contributed by atoms with E-state index in [1.807, 2.05) is 0 Å². The van der Waals surface area contributed by atoms with Crippen molar-refractivity contribution in [1.29, 1.82) is 0 Å². The lowest BCUT2D eigenvalue weighted by Crippen LogP contribution is -2.58. The predicted molar refractivity (Wildman–Crippen MR) is 190 cm³/mol. The van der Waals surface area contributed by atoms with Gasteiger partial charge in [-0.2, -0.15) is 0 Å². The lowest BCUT2D eigenvalue weighted by atomic mass is 10.0. The van der Waals surface area contributed by atoms with Crippen LogP contribution in [-0.2, 0) is 0 Å². The van der Waals surface area contributed by atoms with Crippen molar-refractivity contribution in [2.75, 3.05) is 41.3 Å². The molecule has 0 aliphatic carbocycles. The van der Waals surface area contributed by atoms with Gasteiger partial charge in [0.2, 0.25) is 6.17 Å². The SMILES string of the molecule is CCCCCCCCCCCCCC[N+](C)(C)C(c1ccc(C)cc1)[N+](C)(C)CCCCCCCCCCCCCC. The number of hydrogen-bond acceptors (Lipinski definition) is 0. The van der Waals surface area contributed by atoms with Crippen molar-refractivity contribution in [3.63, 3.8) is 0 Å². The molecule has 42 heavy (non-hydrogen) atoms. The van der Waals surface area contributed by atoms with Crippen LogP contribution in [0.3, 0.4) is 0 Å². The Morgan fingerprint density at radius 1 is 0.405 bits per heavy atom. The van der Waals surface area contributed by atoms with Gasteiger partial charge >= 0.3 is 0 Å². The third kappa shape index (κ3) is 18.7. The molecule has 0 aliphatic heterocycles. The minimum Gasteiger partial charge on any atom is -0.275 e. The second kappa shape index (κ2) is 24.5. The van der Waals surface area contributed by atoms with Crippen molar-refractivity contribution < 1.29 is 8.97 Å². The summed E-state index contributed by atoms with van der Waals surface area (Å²) in [6.45, 7) is 9.39. The second-order valence-corrected chi connectivity index (χ2v) is 15.1. The van der Waals surface area contributed by atoms with Crippen LogP contribution in [0.2, 0.25) is 0 Å². The van der Waals surface area contributed by atoms with Gasteiger partial charge in [-0.1, -0.05) is 160 Å². The highest BCUT2D eigenvalue weighted by molar-refractivity contribution is 5.22. The molecule has 246 valence electrons. The highest BCUT2D eigenvalue weighted by Crippen LogP contribution is 2.34. The normalized spacial score (nSPS) is 12.5. The Kier molecular flexibility index (Phi) is 22.8. The van der Waals surface area contributed by atoms with Gasteiger partial charge in [-0.15, -0.1) is 0 Å². The van der Waals surface area contributed by atoms with E-state index in [1.54, 1.807) is 0 Å². The summed E-state index contributed by atoms with van der Waals surface area (Å²) in [5.74, 6) is 0. The Morgan fingerprint density at radius 3 is 0.952 bits per heavy atom. The molecule has 0 atom stereocenters. The lowest BCUT2D eigenvalue weighted by Gasteiger charge is -2.47. The van der Waals surface area contributed by atoms with Crippen LogP contribution in [0.5, 0.6) is 0 Å². The molecular weight excluding hydrogens is 508 g/mol. The minimum absolute atomic E-state index is 0.492. The van der Waals surface area contributed by atoms with Crippen LogP contribution >= 0.6 is 0 Å². The van der Waals surface area contributed by atoms with E-state index in [0.29, 0.717) is 6.17 Å². The molecule has 0 radical (unpaired) electrons. The predicted octanol–water partition coefficient (Wildman–Crippen LogP) is 12.5. The van der Waals surface area contributed by atoms with Crippen molar-refractivity contribution in [2.24, 2.45) is 0 Å². The molecule has 1 aromatic carbocycles. The maximum Gasteiger partial charge on any atom is 0.242 e. The van der Waals surface area contributed by atoms with Crippen LogP contribution in [0.15, 0.2) is 24.3 Å². The molecule has 1 rings (SSSR count). The average molecular weight is 587 g/mol. The van der Waals surface area contributed by atoms with Crippen molar-refractivity contribution in [2.45, 2.75) is 181 Å². The number of benzene rings is 1. The van der Waals surface area contributed by atoms with Gasteiger partial charge in [0.1, 0.15) is 0 Å². The summed E-state index contributed by atoms with van der Waals surface area (Å²) in [5.41, 5.74) is 2.89. The fourth-order valence-corrected chi connectivity index (χ4v) is 7.36. The molecule has 0 unspecified atom stereocenters. The third-order valence-electron chi connectivity index (χ3n) is 9.88. The molecular formula is C40H78N2+2. The van der Waals surface area contributed by atoms with E-state index in [9.17, 15) is 0 Å². The molecule has 0 aromatic heterocycles. The number of rotatable bonds is 29. The summed E-state index contributed by atoms with van der Waals surface area (Å²) in [7, 11) is 10.0. The van der Waals surface area contributed by atoms with Gasteiger partial charge in [-0.25, -0.2) is 0 Å². The molecule has 0 saturated carbocycles. The standard InChI is InChI=1S/C40H78N2/c1-8-10-12-14-16-18-20-22-24-26-28-30-36-41(4,5)40(39-34-32-38(3)33-35-39)42(6,7)37-31-29-27-25-23-21-19-17-15-13-11-9-2/h32-35,40H,8-31,36-37H2,1-7H3/q+2. The Balaban J connectivity index is 2.43. The molecule has 0 bridgehead atoms. The van der Waals surface area contributed by atoms with E-state index in [1.165, 1.54) is 178 Å². The fourth-order valence-electron chi connectivity index (χ4n) is 7.36. The first-order valence-corrected chi connectivity index (χ1v) is 19.0. The number of nitrogens with zero attached hydrogens (tertiary/aromatic N) is 2. The Morgan fingerprint density at radius 2 is 0.667 bits per heavy atom. The monoisotopic (exact) mass is 587 g/mol. The topological polar surface area (TPSA) is 0 Å². The zero-order valence-corrected chi connectivity index (χ0v) is 30.2. The molecule has 0 heterocycles. The van der Waals surface area contributed by atoms with Crippen molar-refractivity contribution in [1.82, 2.24) is 0 Å². The number of quaternary nitrogens is 2. The van der Waals surface area contributed by atoms with Crippen LogP contribution in [0.4, 0.5) is 0 Å². The van der Waals surface area contributed by atoms with Crippen LogP contribution in [0, 0.1) is 6.92 Å². The summed E-state index contributed by atoms with van der Waals surface area (Å²) in [5, 5.41) is 0. The first kappa shape index (κ1) is 39.2. The second-order valence-electron chi connectivity index (χ2n) is 15.1. The summed E-state index contributed by atoms with van der Waals surface area (Å²) in [6.07, 6.45) is 34.7. The highest BCUT2D eigenvalue weighted by Gasteiger charge is 2.42. The van der Waals surface area contributed by atoms with Gasteiger partial charge in [0.15, 0.2) is 0 Å². The van der Waals surface area contributed by atoms with Gasteiger partial charge in [0.05, 0.1) is 46.8 Å². The summed E-state index contributed by atoms with van der Waals surface area (Å²) >= 11 is 0. The molecule has 0 spiro atoms. The van der Waals surface area contributed by atoms with E-state index in [0.717, 1.165) is 8.97 Å². The molecule has 2 nitrogen and oxygen atoms in total. The summed E-state index contributed by atoms with van der Waals surface area (Å²) < 4.78 is 2.18. The van der Waals surface area contributed by atoms with Gasteiger partial charge < -0.3 is 0 Å². The number of hydrogen-bond donors (Lipinski definition) is 0. The Bertz CT molecular complexity index is 680. The third-order valence-corrected chi connectivity index (χ3v) is 9.88. The van der Waals surface area contributed by atoms with Crippen LogP contribution in [0.1, 0.15) is 185 Å². The van der Waals surface area contributed by atoms with Crippen LogP contribution < -0.4 is 0 Å². The quantitative estimate of drug-likeness (QED) is 0.0497. The maximum absolute atomic E-state index is 2.51. The Hall–Kier alpha value is -0.860. The zero-order valence-electron chi connectivity index (χ0n) is 30.2. The van der Waals surface area contributed by atoms with Crippen LogP contribution in [0.25, 0.3) is 0 Å². The summed E-state index contributed by atoms with van der Waals surface area (Å²) in [6, 6.07) is 9.50. The van der Waals surface area contributed by atoms with E-state index in [2.05, 4.69) is 73.2 Å².